The van der Waals surface area contributed by atoms with Crippen molar-refractivity contribution in [2.45, 2.75) is 30.7 Å². The number of aromatic nitrogens is 2. The first-order valence-corrected chi connectivity index (χ1v) is 14.0. The highest BCUT2D eigenvalue weighted by atomic mass is 32.2. The van der Waals surface area contributed by atoms with Gasteiger partial charge in [0.25, 0.3) is 5.56 Å². The van der Waals surface area contributed by atoms with Crippen molar-refractivity contribution in [2.75, 3.05) is 18.5 Å². The van der Waals surface area contributed by atoms with Gasteiger partial charge in [-0.2, -0.15) is 0 Å². The van der Waals surface area contributed by atoms with Gasteiger partial charge in [0, 0.05) is 5.75 Å². The van der Waals surface area contributed by atoms with E-state index in [0.717, 1.165) is 5.56 Å². The van der Waals surface area contributed by atoms with E-state index in [1.54, 1.807) is 25.1 Å². The molecule has 0 bridgehead atoms. The van der Waals surface area contributed by atoms with E-state index >= 15 is 0 Å². The fourth-order valence-electron chi connectivity index (χ4n) is 4.65. The Balaban J connectivity index is 1.65. The van der Waals surface area contributed by atoms with E-state index in [2.05, 4.69) is 10.3 Å². The third kappa shape index (κ3) is 5.65. The first kappa shape index (κ1) is 27.2. The third-order valence-corrected chi connectivity index (χ3v) is 7.35. The number of nitrogens with zero attached hydrogens (tertiary/aromatic N) is 1. The summed E-state index contributed by atoms with van der Waals surface area (Å²) in [5.74, 6) is -0.328. The molecule has 0 aliphatic carbocycles. The number of H-pyrrole nitrogens is 1. The molecule has 40 heavy (non-hydrogen) atoms. The van der Waals surface area contributed by atoms with Crippen molar-refractivity contribution in [3.05, 3.63) is 123 Å². The fraction of sp³-hybridized carbons (Fsp3) is 0.194. The molecule has 0 saturated carbocycles. The smallest absolute Gasteiger partial charge is 0.337 e. The number of nitrogens with one attached hydrogen (secondary N) is 2. The second-order valence-electron chi connectivity index (χ2n) is 8.95. The van der Waals surface area contributed by atoms with Crippen molar-refractivity contribution < 1.29 is 18.7 Å². The van der Waals surface area contributed by atoms with Crippen LogP contribution in [0, 0.1) is 5.82 Å². The maximum Gasteiger partial charge on any atom is 0.337 e. The summed E-state index contributed by atoms with van der Waals surface area (Å²) in [5.41, 5.74) is 2.67. The first-order valence-electron chi connectivity index (χ1n) is 13.0. The Kier molecular flexibility index (Phi) is 8.31. The number of hydrogen-bond donors (Lipinski definition) is 2. The summed E-state index contributed by atoms with van der Waals surface area (Å²) < 4.78 is 25.3. The molecule has 0 spiro atoms. The quantitative estimate of drug-likeness (QED) is 0.145. The summed E-state index contributed by atoms with van der Waals surface area (Å²) in [5, 5.41) is 3.59. The molecule has 1 atom stereocenters. The standard InChI is InChI=1S/C31H28FN3O4S/c1-3-38-22-16-14-19(15-17-22)24-25(30(37)39-4-2)27(20-10-6-5-7-11-20)33-28-26(24)29(36)35-31(34-28)40-18-21-12-8-9-13-23(21)32/h5-17,24H,3-4,18H2,1-2H3,(H2,33,34,35,36). The Morgan fingerprint density at radius 3 is 2.40 bits per heavy atom. The highest BCUT2D eigenvalue weighted by Gasteiger charge is 2.38. The van der Waals surface area contributed by atoms with E-state index in [-0.39, 0.29) is 18.2 Å². The van der Waals surface area contributed by atoms with Gasteiger partial charge in [-0.1, -0.05) is 72.4 Å². The zero-order chi connectivity index (χ0) is 28.1. The van der Waals surface area contributed by atoms with Gasteiger partial charge in [0.2, 0.25) is 0 Å². The number of ether oxygens (including phenoxy) is 2. The summed E-state index contributed by atoms with van der Waals surface area (Å²) in [6.07, 6.45) is 0. The number of carbonyl (C=O) groups excluding carboxylic acids is 1. The molecule has 0 amide bonds. The lowest BCUT2D eigenvalue weighted by Gasteiger charge is -2.30. The van der Waals surface area contributed by atoms with Crippen LogP contribution in [0.4, 0.5) is 10.2 Å². The van der Waals surface area contributed by atoms with Crippen molar-refractivity contribution in [3.63, 3.8) is 0 Å². The number of anilines is 1. The molecule has 1 aliphatic heterocycles. The van der Waals surface area contributed by atoms with Crippen LogP contribution in [-0.4, -0.2) is 29.2 Å². The van der Waals surface area contributed by atoms with Crippen LogP contribution in [0.3, 0.4) is 0 Å². The van der Waals surface area contributed by atoms with E-state index < -0.39 is 17.4 Å². The van der Waals surface area contributed by atoms with Gasteiger partial charge in [-0.05, 0) is 48.7 Å². The maximum atomic E-state index is 14.2. The van der Waals surface area contributed by atoms with Crippen molar-refractivity contribution in [1.29, 1.82) is 0 Å². The van der Waals surface area contributed by atoms with Gasteiger partial charge in [0.05, 0.1) is 36.0 Å². The van der Waals surface area contributed by atoms with Gasteiger partial charge in [0.1, 0.15) is 17.4 Å². The van der Waals surface area contributed by atoms with Crippen molar-refractivity contribution >= 4 is 29.2 Å². The molecular formula is C31H28FN3O4S. The van der Waals surface area contributed by atoms with Crippen LogP contribution in [0.15, 0.2) is 94.4 Å². The summed E-state index contributed by atoms with van der Waals surface area (Å²) in [6, 6.07) is 23.2. The maximum absolute atomic E-state index is 14.2. The normalized spacial score (nSPS) is 14.3. The first-order chi connectivity index (χ1) is 19.5. The molecule has 1 aliphatic rings. The molecule has 1 unspecified atom stereocenters. The number of thioether (sulfide) groups is 1. The monoisotopic (exact) mass is 557 g/mol. The molecule has 0 saturated heterocycles. The SMILES string of the molecule is CCOC(=O)C1=C(c2ccccc2)Nc2nc(SCc3ccccc3F)[nH]c(=O)c2C1c1ccc(OCC)cc1. The molecule has 5 rings (SSSR count). The third-order valence-electron chi connectivity index (χ3n) is 6.43. The highest BCUT2D eigenvalue weighted by molar-refractivity contribution is 7.98. The number of benzene rings is 3. The van der Waals surface area contributed by atoms with E-state index in [4.69, 9.17) is 14.5 Å². The number of rotatable bonds is 9. The minimum atomic E-state index is -0.761. The van der Waals surface area contributed by atoms with Crippen LogP contribution in [0.1, 0.15) is 42.0 Å². The Hall–Kier alpha value is -4.37. The molecule has 9 heteroatoms. The van der Waals surface area contributed by atoms with E-state index in [1.165, 1.54) is 17.8 Å². The van der Waals surface area contributed by atoms with Crippen molar-refractivity contribution in [1.82, 2.24) is 9.97 Å². The number of fused-ring (bicyclic) bond motifs is 1. The molecule has 0 fully saturated rings. The number of hydrogen-bond acceptors (Lipinski definition) is 7. The lowest BCUT2D eigenvalue weighted by molar-refractivity contribution is -0.138. The van der Waals surface area contributed by atoms with E-state index in [1.807, 2.05) is 61.5 Å². The van der Waals surface area contributed by atoms with Crippen LogP contribution < -0.4 is 15.6 Å². The molecule has 4 aromatic rings. The molecule has 7 nitrogen and oxygen atoms in total. The lowest BCUT2D eigenvalue weighted by atomic mass is 9.81. The minimum Gasteiger partial charge on any atom is -0.494 e. The van der Waals surface area contributed by atoms with Gasteiger partial charge in [-0.15, -0.1) is 0 Å². The highest BCUT2D eigenvalue weighted by Crippen LogP contribution is 2.43. The van der Waals surface area contributed by atoms with Crippen molar-refractivity contribution in [3.8, 4) is 5.75 Å². The average Bonchev–Trinajstić information content (AvgIpc) is 2.97. The van der Waals surface area contributed by atoms with Gasteiger partial charge >= 0.3 is 5.97 Å². The Labute approximate surface area is 235 Å². The molecule has 3 aromatic carbocycles. The van der Waals surface area contributed by atoms with Gasteiger partial charge in [0.15, 0.2) is 5.16 Å². The molecule has 0 radical (unpaired) electrons. The number of aromatic amines is 1. The number of halogens is 1. The van der Waals surface area contributed by atoms with Crippen LogP contribution in [-0.2, 0) is 15.3 Å². The largest absolute Gasteiger partial charge is 0.494 e. The molecule has 2 N–H and O–H groups in total. The fourth-order valence-corrected chi connectivity index (χ4v) is 5.49. The Morgan fingerprint density at radius 1 is 0.975 bits per heavy atom. The summed E-state index contributed by atoms with van der Waals surface area (Å²) >= 11 is 1.22. The van der Waals surface area contributed by atoms with Gasteiger partial charge in [-0.25, -0.2) is 14.2 Å². The Morgan fingerprint density at radius 2 is 1.70 bits per heavy atom. The molecule has 1 aromatic heterocycles. The van der Waals surface area contributed by atoms with Crippen LogP contribution in [0.25, 0.3) is 5.70 Å². The summed E-state index contributed by atoms with van der Waals surface area (Å²) in [6.45, 7) is 4.33. The van der Waals surface area contributed by atoms with Crippen LogP contribution in [0.2, 0.25) is 0 Å². The van der Waals surface area contributed by atoms with E-state index in [9.17, 15) is 14.0 Å². The minimum absolute atomic E-state index is 0.174. The van der Waals surface area contributed by atoms with Gasteiger partial charge in [-0.3, -0.25) is 4.79 Å². The summed E-state index contributed by atoms with van der Waals surface area (Å²) in [7, 11) is 0. The van der Waals surface area contributed by atoms with Crippen LogP contribution >= 0.6 is 11.8 Å². The Bertz CT molecular complexity index is 1600. The topological polar surface area (TPSA) is 93.3 Å². The predicted molar refractivity (Wildman–Crippen MR) is 154 cm³/mol. The van der Waals surface area contributed by atoms with Gasteiger partial charge < -0.3 is 19.8 Å². The van der Waals surface area contributed by atoms with Crippen molar-refractivity contribution in [2.24, 2.45) is 0 Å². The van der Waals surface area contributed by atoms with Crippen LogP contribution in [0.5, 0.6) is 5.75 Å². The molecular weight excluding hydrogens is 529 g/mol. The zero-order valence-corrected chi connectivity index (χ0v) is 22.9. The average molecular weight is 558 g/mol. The molecule has 2 heterocycles. The summed E-state index contributed by atoms with van der Waals surface area (Å²) in [4.78, 5) is 34.7. The zero-order valence-electron chi connectivity index (χ0n) is 22.1. The lowest BCUT2D eigenvalue weighted by Crippen LogP contribution is -2.31. The second-order valence-corrected chi connectivity index (χ2v) is 9.91. The number of carbonyl (C=O) groups is 1. The van der Waals surface area contributed by atoms with E-state index in [0.29, 0.717) is 51.3 Å². The predicted octanol–water partition coefficient (Wildman–Crippen LogP) is 6.13. The molecule has 204 valence electrons. The number of esters is 1. The second kappa shape index (κ2) is 12.2.